The third-order valence-corrected chi connectivity index (χ3v) is 4.89. The number of benzene rings is 1. The number of hydrogen-bond acceptors (Lipinski definition) is 2. The summed E-state index contributed by atoms with van der Waals surface area (Å²) in [6, 6.07) is 10.4. The highest BCUT2D eigenvalue weighted by Crippen LogP contribution is 2.24. The number of imidazole rings is 1. The number of H-pyrrole nitrogens is 1. The second-order valence-electron chi connectivity index (χ2n) is 5.87. The van der Waals surface area contributed by atoms with Crippen LogP contribution in [0.1, 0.15) is 40.2 Å². The van der Waals surface area contributed by atoms with Crippen molar-refractivity contribution in [1.29, 1.82) is 0 Å². The van der Waals surface area contributed by atoms with Crippen molar-refractivity contribution in [2.24, 2.45) is 0 Å². The lowest BCUT2D eigenvalue weighted by atomic mass is 10.0. The average molecular weight is 371 g/mol. The van der Waals surface area contributed by atoms with Crippen molar-refractivity contribution >= 4 is 27.4 Å². The van der Waals surface area contributed by atoms with Crippen molar-refractivity contribution in [2.45, 2.75) is 25.7 Å². The van der Waals surface area contributed by atoms with Gasteiger partial charge in [0.05, 0.1) is 5.56 Å². The van der Waals surface area contributed by atoms with E-state index < -0.39 is 0 Å². The molecule has 0 saturated heterocycles. The molecule has 0 atom stereocenters. The molecular weight excluding hydrogens is 356 g/mol. The molecule has 1 aromatic carbocycles. The summed E-state index contributed by atoms with van der Waals surface area (Å²) in [4.78, 5) is 28.5. The smallest absolute Gasteiger partial charge is 0.256 e. The summed E-state index contributed by atoms with van der Waals surface area (Å²) < 4.78 is 2.54. The van der Waals surface area contributed by atoms with E-state index in [9.17, 15) is 9.59 Å². The van der Waals surface area contributed by atoms with Gasteiger partial charge in [-0.25, -0.2) is 0 Å². The second-order valence-corrected chi connectivity index (χ2v) is 6.78. The van der Waals surface area contributed by atoms with Gasteiger partial charge in [0.25, 0.3) is 5.56 Å². The zero-order chi connectivity index (χ0) is 16.0. The minimum Gasteiger partial charge on any atom is -0.343 e. The standard InChI is InChI=1S/C18H15BrN2O2/c19-12-5-3-4-11(10-12)17(23)13-8-9-16(22)21-15-7-2-1-6-14(15)20-18(13)21/h3-5,8-10,20H,1-2,6-7H2. The fraction of sp³-hybridized carbons (Fsp3) is 0.222. The van der Waals surface area contributed by atoms with E-state index >= 15 is 0 Å². The summed E-state index contributed by atoms with van der Waals surface area (Å²) in [6.45, 7) is 0. The first-order valence-electron chi connectivity index (χ1n) is 7.71. The van der Waals surface area contributed by atoms with E-state index in [-0.39, 0.29) is 11.3 Å². The number of aromatic amines is 1. The molecule has 0 saturated carbocycles. The number of pyridine rings is 1. The Morgan fingerprint density at radius 2 is 1.96 bits per heavy atom. The predicted octanol–water partition coefficient (Wildman–Crippen LogP) is 3.50. The van der Waals surface area contributed by atoms with Gasteiger partial charge in [-0.05, 0) is 43.9 Å². The Kier molecular flexibility index (Phi) is 3.45. The van der Waals surface area contributed by atoms with E-state index in [2.05, 4.69) is 20.9 Å². The largest absolute Gasteiger partial charge is 0.343 e. The molecule has 1 N–H and O–H groups in total. The highest BCUT2D eigenvalue weighted by atomic mass is 79.9. The Bertz CT molecular complexity index is 984. The molecule has 0 fully saturated rings. The van der Waals surface area contributed by atoms with Crippen LogP contribution in [0.15, 0.2) is 45.7 Å². The van der Waals surface area contributed by atoms with Gasteiger partial charge in [0.2, 0.25) is 0 Å². The van der Waals surface area contributed by atoms with Gasteiger partial charge in [0.1, 0.15) is 5.65 Å². The number of nitrogens with one attached hydrogen (secondary N) is 1. The van der Waals surface area contributed by atoms with E-state index in [0.29, 0.717) is 16.8 Å². The monoisotopic (exact) mass is 370 g/mol. The lowest BCUT2D eigenvalue weighted by Gasteiger charge is -2.10. The molecule has 23 heavy (non-hydrogen) atoms. The van der Waals surface area contributed by atoms with Gasteiger partial charge >= 0.3 is 0 Å². The van der Waals surface area contributed by atoms with E-state index in [1.807, 2.05) is 12.1 Å². The summed E-state index contributed by atoms with van der Waals surface area (Å²) in [5.74, 6) is -0.0811. The van der Waals surface area contributed by atoms with Crippen LogP contribution in [0.3, 0.4) is 0 Å². The molecule has 0 spiro atoms. The van der Waals surface area contributed by atoms with E-state index in [1.54, 1.807) is 22.6 Å². The van der Waals surface area contributed by atoms with Crippen LogP contribution in [-0.2, 0) is 12.8 Å². The molecule has 0 unspecified atom stereocenters. The molecule has 0 amide bonds. The van der Waals surface area contributed by atoms with Crippen LogP contribution in [0.5, 0.6) is 0 Å². The van der Waals surface area contributed by atoms with Crippen molar-refractivity contribution < 1.29 is 4.79 Å². The van der Waals surface area contributed by atoms with Crippen LogP contribution >= 0.6 is 15.9 Å². The molecule has 116 valence electrons. The number of fused-ring (bicyclic) bond motifs is 3. The zero-order valence-electron chi connectivity index (χ0n) is 12.4. The van der Waals surface area contributed by atoms with Crippen LogP contribution in [0, 0.1) is 0 Å². The zero-order valence-corrected chi connectivity index (χ0v) is 14.0. The first-order chi connectivity index (χ1) is 11.1. The first kappa shape index (κ1) is 14.5. The van der Waals surface area contributed by atoms with Crippen LogP contribution in [-0.4, -0.2) is 15.2 Å². The van der Waals surface area contributed by atoms with Gasteiger partial charge in [-0.3, -0.25) is 14.0 Å². The van der Waals surface area contributed by atoms with Crippen LogP contribution in [0.4, 0.5) is 0 Å². The van der Waals surface area contributed by atoms with Gasteiger partial charge in [-0.1, -0.05) is 28.1 Å². The van der Waals surface area contributed by atoms with Gasteiger partial charge < -0.3 is 4.98 Å². The highest BCUT2D eigenvalue weighted by molar-refractivity contribution is 9.10. The molecule has 2 heterocycles. The third-order valence-electron chi connectivity index (χ3n) is 4.40. The molecule has 1 aliphatic rings. The second kappa shape index (κ2) is 5.49. The van der Waals surface area contributed by atoms with Gasteiger partial charge in [0.15, 0.2) is 5.78 Å². The summed E-state index contributed by atoms with van der Waals surface area (Å²) in [5, 5.41) is 0. The Morgan fingerprint density at radius 1 is 1.13 bits per heavy atom. The number of halogens is 1. The molecule has 0 bridgehead atoms. The van der Waals surface area contributed by atoms with Crippen LogP contribution in [0.2, 0.25) is 0 Å². The number of aromatic nitrogens is 2. The molecule has 4 nitrogen and oxygen atoms in total. The molecule has 3 aromatic rings. The van der Waals surface area contributed by atoms with Gasteiger partial charge in [0, 0.05) is 27.5 Å². The van der Waals surface area contributed by atoms with Crippen LogP contribution < -0.4 is 5.56 Å². The molecule has 0 aliphatic heterocycles. The Balaban J connectivity index is 1.94. The summed E-state index contributed by atoms with van der Waals surface area (Å²) >= 11 is 3.40. The fourth-order valence-electron chi connectivity index (χ4n) is 3.31. The van der Waals surface area contributed by atoms with E-state index in [0.717, 1.165) is 41.5 Å². The molecule has 1 aliphatic carbocycles. The average Bonchev–Trinajstić information content (AvgIpc) is 2.95. The van der Waals surface area contributed by atoms with E-state index in [4.69, 9.17) is 0 Å². The van der Waals surface area contributed by atoms with Crippen molar-refractivity contribution in [3.63, 3.8) is 0 Å². The topological polar surface area (TPSA) is 54.3 Å². The minimum atomic E-state index is -0.0811. The third kappa shape index (κ3) is 2.36. The molecule has 0 radical (unpaired) electrons. The SMILES string of the molecule is O=C(c1cccc(Br)c1)c1ccc(=O)n2c3c([nH]c12)CCCC3. The lowest BCUT2D eigenvalue weighted by Crippen LogP contribution is -2.17. The number of carbonyl (C=O) groups excluding carboxylic acids is 1. The Labute approximate surface area is 141 Å². The number of nitrogens with zero attached hydrogens (tertiary/aromatic N) is 1. The Morgan fingerprint density at radius 3 is 2.78 bits per heavy atom. The number of rotatable bonds is 2. The van der Waals surface area contributed by atoms with Crippen molar-refractivity contribution in [3.8, 4) is 0 Å². The maximum absolute atomic E-state index is 12.9. The van der Waals surface area contributed by atoms with Gasteiger partial charge in [-0.2, -0.15) is 0 Å². The quantitative estimate of drug-likeness (QED) is 0.701. The summed E-state index contributed by atoms with van der Waals surface area (Å²) in [6.07, 6.45) is 4.00. The number of hydrogen-bond donors (Lipinski definition) is 1. The molecule has 4 rings (SSSR count). The lowest BCUT2D eigenvalue weighted by molar-refractivity contribution is 0.103. The minimum absolute atomic E-state index is 0.0785. The van der Waals surface area contributed by atoms with Gasteiger partial charge in [-0.15, -0.1) is 0 Å². The molecule has 2 aromatic heterocycles. The van der Waals surface area contributed by atoms with Crippen LogP contribution in [0.25, 0.3) is 5.65 Å². The predicted molar refractivity (Wildman–Crippen MR) is 92.2 cm³/mol. The number of ketones is 1. The normalized spacial score (nSPS) is 14.0. The maximum atomic E-state index is 12.9. The highest BCUT2D eigenvalue weighted by Gasteiger charge is 2.21. The van der Waals surface area contributed by atoms with Crippen molar-refractivity contribution in [2.75, 3.05) is 0 Å². The number of carbonyl (C=O) groups is 1. The van der Waals surface area contributed by atoms with Crippen molar-refractivity contribution in [3.05, 3.63) is 73.7 Å². The maximum Gasteiger partial charge on any atom is 0.256 e. The Hall–Kier alpha value is -2.14. The number of aryl methyl sites for hydroxylation is 2. The first-order valence-corrected chi connectivity index (χ1v) is 8.50. The van der Waals surface area contributed by atoms with Crippen molar-refractivity contribution in [1.82, 2.24) is 9.38 Å². The summed E-state index contributed by atoms with van der Waals surface area (Å²) in [5.41, 5.74) is 3.80. The molecule has 5 heteroatoms. The molecular formula is C18H15BrN2O2. The fourth-order valence-corrected chi connectivity index (χ4v) is 3.71. The van der Waals surface area contributed by atoms with E-state index in [1.165, 1.54) is 6.07 Å². The summed E-state index contributed by atoms with van der Waals surface area (Å²) in [7, 11) is 0.